The van der Waals surface area contributed by atoms with E-state index < -0.39 is 9.04 Å². The smallest absolute Gasteiger partial charge is 0.217 e. The van der Waals surface area contributed by atoms with E-state index >= 15 is 0 Å². The third-order valence-corrected chi connectivity index (χ3v) is 8.50. The molecule has 0 amide bonds. The van der Waals surface area contributed by atoms with Gasteiger partial charge in [-0.25, -0.2) is 4.98 Å². The molecular weight excluding hydrogens is 412 g/mol. The van der Waals surface area contributed by atoms with Gasteiger partial charge >= 0.3 is 0 Å². The second-order valence-corrected chi connectivity index (χ2v) is 10.6. The Morgan fingerprint density at radius 3 is 2.70 bits per heavy atom. The number of thiophene rings is 1. The summed E-state index contributed by atoms with van der Waals surface area (Å²) in [7, 11) is -1.49. The van der Waals surface area contributed by atoms with Crippen LogP contribution in [0, 0.1) is 11.3 Å². The summed E-state index contributed by atoms with van der Waals surface area (Å²) in [5.74, 6) is 0.563. The normalized spacial score (nSPS) is 10.9. The predicted octanol–water partition coefficient (Wildman–Crippen LogP) is 5.59. The maximum Gasteiger partial charge on any atom is 0.217 e. The van der Waals surface area contributed by atoms with Crippen molar-refractivity contribution in [3.05, 3.63) is 59.5 Å². The average Bonchev–Trinajstić information content (AvgIpc) is 3.25. The SMILES string of the molecule is N#Cc1c(-c2ccccc2)cc(-c2cccs2)nc1SC[Si](O)CCCCl. The molecule has 7 heteroatoms. The third-order valence-electron chi connectivity index (χ3n) is 3.93. The van der Waals surface area contributed by atoms with Gasteiger partial charge in [0, 0.05) is 16.8 Å². The number of halogens is 1. The number of nitriles is 1. The van der Waals surface area contributed by atoms with Gasteiger partial charge in [0.15, 0.2) is 0 Å². The molecule has 3 aromatic rings. The van der Waals surface area contributed by atoms with Crippen molar-refractivity contribution < 1.29 is 4.80 Å². The predicted molar refractivity (Wildman–Crippen MR) is 117 cm³/mol. The van der Waals surface area contributed by atoms with Gasteiger partial charge in [-0.2, -0.15) is 5.26 Å². The van der Waals surface area contributed by atoms with Gasteiger partial charge in [-0.3, -0.25) is 0 Å². The lowest BCUT2D eigenvalue weighted by atomic mass is 10.0. The zero-order chi connectivity index (χ0) is 19.1. The molecule has 0 fully saturated rings. The zero-order valence-corrected chi connectivity index (χ0v) is 17.9. The van der Waals surface area contributed by atoms with Crippen LogP contribution >= 0.6 is 34.7 Å². The zero-order valence-electron chi connectivity index (χ0n) is 14.6. The van der Waals surface area contributed by atoms with Crippen LogP contribution in [0.1, 0.15) is 12.0 Å². The Bertz CT molecular complexity index is 914. The number of alkyl halides is 1. The largest absolute Gasteiger partial charge is 0.431 e. The first-order valence-electron chi connectivity index (χ1n) is 8.49. The van der Waals surface area contributed by atoms with Crippen molar-refractivity contribution in [3.8, 4) is 27.8 Å². The van der Waals surface area contributed by atoms with E-state index in [9.17, 15) is 10.1 Å². The van der Waals surface area contributed by atoms with Crippen LogP contribution in [0.4, 0.5) is 0 Å². The third kappa shape index (κ3) is 5.22. The van der Waals surface area contributed by atoms with Gasteiger partial charge in [0.05, 0.1) is 16.1 Å². The lowest BCUT2D eigenvalue weighted by Gasteiger charge is -2.13. The highest BCUT2D eigenvalue weighted by atomic mass is 35.5. The molecule has 0 aliphatic carbocycles. The quantitative estimate of drug-likeness (QED) is 0.288. The molecule has 1 radical (unpaired) electrons. The summed E-state index contributed by atoms with van der Waals surface area (Å²) in [6.45, 7) is 0. The number of pyridine rings is 1. The minimum atomic E-state index is -1.49. The molecule has 0 saturated carbocycles. The molecular formula is C20H18ClN2OS2Si. The molecule has 0 aliphatic rings. The van der Waals surface area contributed by atoms with Gasteiger partial charge < -0.3 is 4.80 Å². The molecule has 0 aliphatic heterocycles. The van der Waals surface area contributed by atoms with Crippen LogP contribution in [-0.4, -0.2) is 30.1 Å². The summed E-state index contributed by atoms with van der Waals surface area (Å²) in [5.41, 5.74) is 3.30. The van der Waals surface area contributed by atoms with Crippen molar-refractivity contribution in [3.63, 3.8) is 0 Å². The minimum Gasteiger partial charge on any atom is -0.431 e. The summed E-state index contributed by atoms with van der Waals surface area (Å²) in [5, 5.41) is 13.1. The van der Waals surface area contributed by atoms with Gasteiger partial charge in [-0.1, -0.05) is 36.4 Å². The lowest BCUT2D eigenvalue weighted by Crippen LogP contribution is -2.16. The Labute approximate surface area is 174 Å². The highest BCUT2D eigenvalue weighted by molar-refractivity contribution is 8.00. The standard InChI is InChI=1S/C20H18ClN2OS2Si/c21-9-5-11-27(24)14-26-20-17(13-22)16(15-6-2-1-3-7-15)12-18(23-20)19-8-4-10-25-19/h1-4,6-8,10,12,24H,5,9,11,14H2. The van der Waals surface area contributed by atoms with E-state index in [2.05, 4.69) is 6.07 Å². The van der Waals surface area contributed by atoms with Crippen LogP contribution < -0.4 is 0 Å². The summed E-state index contributed by atoms with van der Waals surface area (Å²) in [4.78, 5) is 16.1. The van der Waals surface area contributed by atoms with Gasteiger partial charge in [-0.15, -0.1) is 34.7 Å². The number of aromatic nitrogens is 1. The van der Waals surface area contributed by atoms with Crippen molar-refractivity contribution >= 4 is 43.7 Å². The molecule has 2 aromatic heterocycles. The van der Waals surface area contributed by atoms with Crippen molar-refractivity contribution in [1.29, 1.82) is 5.26 Å². The molecule has 0 spiro atoms. The summed E-state index contributed by atoms with van der Waals surface area (Å²) < 4.78 is 0. The molecule has 0 saturated heterocycles. The van der Waals surface area contributed by atoms with Crippen LogP contribution in [0.5, 0.6) is 0 Å². The van der Waals surface area contributed by atoms with Crippen LogP contribution in [0.25, 0.3) is 21.7 Å². The van der Waals surface area contributed by atoms with E-state index in [1.807, 2.05) is 53.9 Å². The van der Waals surface area contributed by atoms with E-state index in [4.69, 9.17) is 16.6 Å². The molecule has 1 aromatic carbocycles. The fourth-order valence-electron chi connectivity index (χ4n) is 2.62. The van der Waals surface area contributed by atoms with Gasteiger partial charge in [0.1, 0.15) is 11.1 Å². The molecule has 2 heterocycles. The first kappa shape index (κ1) is 20.1. The Hall–Kier alpha value is -1.62. The first-order valence-corrected chi connectivity index (χ1v) is 12.8. The van der Waals surface area contributed by atoms with Gasteiger partial charge in [0.25, 0.3) is 0 Å². The highest BCUT2D eigenvalue weighted by Gasteiger charge is 2.18. The summed E-state index contributed by atoms with van der Waals surface area (Å²) in [6, 6.07) is 19.0. The Morgan fingerprint density at radius 1 is 1.22 bits per heavy atom. The topological polar surface area (TPSA) is 56.9 Å². The highest BCUT2D eigenvalue weighted by Crippen LogP contribution is 2.35. The number of hydrogen-bond donors (Lipinski definition) is 1. The van der Waals surface area contributed by atoms with Crippen LogP contribution in [-0.2, 0) is 0 Å². The Kier molecular flexibility index (Phi) is 7.50. The number of benzene rings is 1. The second kappa shape index (κ2) is 10.1. The monoisotopic (exact) mass is 429 g/mol. The molecule has 137 valence electrons. The van der Waals surface area contributed by atoms with Crippen LogP contribution in [0.2, 0.25) is 6.04 Å². The molecule has 0 unspecified atom stereocenters. The molecule has 0 atom stereocenters. The van der Waals surface area contributed by atoms with Crippen LogP contribution in [0.15, 0.2) is 58.9 Å². The average molecular weight is 430 g/mol. The maximum atomic E-state index is 10.3. The van der Waals surface area contributed by atoms with E-state index in [-0.39, 0.29) is 0 Å². The Balaban J connectivity index is 2.00. The van der Waals surface area contributed by atoms with Gasteiger partial charge in [-0.05, 0) is 35.5 Å². The van der Waals surface area contributed by atoms with Crippen molar-refractivity contribution in [2.45, 2.75) is 17.5 Å². The summed E-state index contributed by atoms with van der Waals surface area (Å²) in [6.07, 6.45) is 0.815. The molecule has 1 N–H and O–H groups in total. The molecule has 27 heavy (non-hydrogen) atoms. The van der Waals surface area contributed by atoms with Crippen molar-refractivity contribution in [2.24, 2.45) is 0 Å². The minimum absolute atomic E-state index is 0.563. The van der Waals surface area contributed by atoms with E-state index in [1.165, 1.54) is 11.8 Å². The molecule has 3 rings (SSSR count). The van der Waals surface area contributed by atoms with E-state index in [1.54, 1.807) is 11.3 Å². The number of rotatable bonds is 8. The first-order chi connectivity index (χ1) is 13.2. The number of hydrogen-bond acceptors (Lipinski definition) is 5. The van der Waals surface area contributed by atoms with E-state index in [0.29, 0.717) is 21.8 Å². The lowest BCUT2D eigenvalue weighted by molar-refractivity contribution is 0.573. The second-order valence-electron chi connectivity index (χ2n) is 5.84. The molecule has 3 nitrogen and oxygen atoms in total. The fraction of sp³-hybridized carbons (Fsp3) is 0.200. The molecule has 0 bridgehead atoms. The van der Waals surface area contributed by atoms with Crippen molar-refractivity contribution in [2.75, 3.05) is 11.3 Å². The van der Waals surface area contributed by atoms with Crippen molar-refractivity contribution in [1.82, 2.24) is 4.98 Å². The number of nitrogens with zero attached hydrogens (tertiary/aromatic N) is 2. The van der Waals surface area contributed by atoms with Gasteiger partial charge in [0.2, 0.25) is 9.04 Å². The summed E-state index contributed by atoms with van der Waals surface area (Å²) >= 11 is 8.82. The fourth-order valence-corrected chi connectivity index (χ4v) is 6.51. The maximum absolute atomic E-state index is 10.3. The Morgan fingerprint density at radius 2 is 2.04 bits per heavy atom. The van der Waals surface area contributed by atoms with E-state index in [0.717, 1.165) is 34.2 Å². The van der Waals surface area contributed by atoms with Crippen LogP contribution in [0.3, 0.4) is 0 Å². The number of thioether (sulfide) groups is 1.